The number of hydrogen-bond donors (Lipinski definition) is 2. The molecule has 1 unspecified atom stereocenters. The molecular formula is C13H18ClNO2. The zero-order valence-electron chi connectivity index (χ0n) is 10.3. The third-order valence-electron chi connectivity index (χ3n) is 2.44. The smallest absolute Gasteiger partial charge is 0.335 e. The fourth-order valence-electron chi connectivity index (χ4n) is 1.80. The van der Waals surface area contributed by atoms with Gasteiger partial charge < -0.3 is 10.4 Å². The largest absolute Gasteiger partial charge is 0.478 e. The van der Waals surface area contributed by atoms with Crippen LogP contribution in [0, 0.1) is 5.92 Å². The second-order valence-electron chi connectivity index (χ2n) is 4.67. The third kappa shape index (κ3) is 4.27. The van der Waals surface area contributed by atoms with E-state index in [0.717, 1.165) is 12.1 Å². The molecule has 94 valence electrons. The van der Waals surface area contributed by atoms with Crippen molar-refractivity contribution in [3.05, 3.63) is 28.8 Å². The zero-order valence-corrected chi connectivity index (χ0v) is 11.1. The van der Waals surface area contributed by atoms with E-state index >= 15 is 0 Å². The Morgan fingerprint density at radius 3 is 2.53 bits per heavy atom. The van der Waals surface area contributed by atoms with E-state index in [0.29, 0.717) is 17.0 Å². The van der Waals surface area contributed by atoms with Crippen LogP contribution in [0.4, 0.5) is 5.69 Å². The molecule has 0 aliphatic rings. The van der Waals surface area contributed by atoms with Gasteiger partial charge in [-0.3, -0.25) is 0 Å². The average molecular weight is 256 g/mol. The molecule has 0 radical (unpaired) electrons. The number of rotatable bonds is 5. The van der Waals surface area contributed by atoms with Gasteiger partial charge in [-0.2, -0.15) is 0 Å². The second-order valence-corrected chi connectivity index (χ2v) is 5.08. The van der Waals surface area contributed by atoms with Gasteiger partial charge in [0.1, 0.15) is 0 Å². The number of hydrogen-bond acceptors (Lipinski definition) is 2. The Bertz CT molecular complexity index is 404. The standard InChI is InChI=1S/C13H18ClNO2/c1-8(2)6-9(3)15-12-5-4-10(13(16)17)7-11(12)14/h4-5,7-9,15H,6H2,1-3H3,(H,16,17). The Labute approximate surface area is 107 Å². The topological polar surface area (TPSA) is 49.3 Å². The Kier molecular flexibility index (Phi) is 4.82. The van der Waals surface area contributed by atoms with Gasteiger partial charge in [-0.1, -0.05) is 25.4 Å². The molecule has 0 aliphatic carbocycles. The van der Waals surface area contributed by atoms with Crippen LogP contribution in [0.2, 0.25) is 5.02 Å². The fourth-order valence-corrected chi connectivity index (χ4v) is 2.03. The predicted molar refractivity (Wildman–Crippen MR) is 71.0 cm³/mol. The first kappa shape index (κ1) is 13.8. The number of halogens is 1. The van der Waals surface area contributed by atoms with Gasteiger partial charge in [0.2, 0.25) is 0 Å². The summed E-state index contributed by atoms with van der Waals surface area (Å²) in [5.74, 6) is -0.358. The maximum atomic E-state index is 10.8. The molecule has 0 amide bonds. The van der Waals surface area contributed by atoms with Crippen LogP contribution in [0.25, 0.3) is 0 Å². The highest BCUT2D eigenvalue weighted by molar-refractivity contribution is 6.33. The van der Waals surface area contributed by atoms with E-state index in [1.807, 2.05) is 0 Å². The van der Waals surface area contributed by atoms with Gasteiger partial charge in [-0.05, 0) is 37.5 Å². The molecular weight excluding hydrogens is 238 g/mol. The SMILES string of the molecule is CC(C)CC(C)Nc1ccc(C(=O)O)cc1Cl. The number of anilines is 1. The van der Waals surface area contributed by atoms with Gasteiger partial charge in [0.05, 0.1) is 16.3 Å². The maximum Gasteiger partial charge on any atom is 0.335 e. The van der Waals surface area contributed by atoms with Crippen LogP contribution in [0.5, 0.6) is 0 Å². The molecule has 1 aromatic rings. The van der Waals surface area contributed by atoms with Crippen molar-refractivity contribution in [1.82, 2.24) is 0 Å². The fraction of sp³-hybridized carbons (Fsp3) is 0.462. The van der Waals surface area contributed by atoms with Crippen molar-refractivity contribution in [2.75, 3.05) is 5.32 Å². The Balaban J connectivity index is 2.75. The van der Waals surface area contributed by atoms with Gasteiger partial charge in [0.25, 0.3) is 0 Å². The van der Waals surface area contributed by atoms with E-state index in [9.17, 15) is 4.79 Å². The molecule has 0 fully saturated rings. The number of nitrogens with one attached hydrogen (secondary N) is 1. The first-order chi connectivity index (χ1) is 7.90. The van der Waals surface area contributed by atoms with Gasteiger partial charge in [0, 0.05) is 6.04 Å². The molecule has 1 atom stereocenters. The summed E-state index contributed by atoms with van der Waals surface area (Å²) >= 11 is 6.03. The minimum Gasteiger partial charge on any atom is -0.478 e. The van der Waals surface area contributed by atoms with Crippen molar-refractivity contribution in [2.24, 2.45) is 5.92 Å². The molecule has 0 saturated carbocycles. The molecule has 1 aromatic carbocycles. The van der Waals surface area contributed by atoms with E-state index < -0.39 is 5.97 Å². The van der Waals surface area contributed by atoms with Gasteiger partial charge in [0.15, 0.2) is 0 Å². The van der Waals surface area contributed by atoms with Crippen LogP contribution in [0.3, 0.4) is 0 Å². The number of benzene rings is 1. The number of carboxylic acid groups (broad SMARTS) is 1. The molecule has 0 heterocycles. The van der Waals surface area contributed by atoms with E-state index in [1.54, 1.807) is 12.1 Å². The molecule has 1 rings (SSSR count). The van der Waals surface area contributed by atoms with Crippen molar-refractivity contribution in [3.63, 3.8) is 0 Å². The van der Waals surface area contributed by atoms with Crippen LogP contribution >= 0.6 is 11.6 Å². The highest BCUT2D eigenvalue weighted by Crippen LogP contribution is 2.24. The van der Waals surface area contributed by atoms with Crippen molar-refractivity contribution in [1.29, 1.82) is 0 Å². The molecule has 0 bridgehead atoms. The number of aromatic carboxylic acids is 1. The summed E-state index contributed by atoms with van der Waals surface area (Å²) in [5, 5.41) is 12.5. The first-order valence-corrected chi connectivity index (χ1v) is 6.07. The highest BCUT2D eigenvalue weighted by atomic mass is 35.5. The predicted octanol–water partition coefficient (Wildman–Crippen LogP) is 3.88. The number of carboxylic acids is 1. The minimum absolute atomic E-state index is 0.206. The molecule has 0 spiro atoms. The molecule has 17 heavy (non-hydrogen) atoms. The summed E-state index contributed by atoms with van der Waals surface area (Å²) in [5.41, 5.74) is 0.988. The monoisotopic (exact) mass is 255 g/mol. The van der Waals surface area contributed by atoms with Gasteiger partial charge >= 0.3 is 5.97 Å². The zero-order chi connectivity index (χ0) is 13.0. The summed E-state index contributed by atoms with van der Waals surface area (Å²) < 4.78 is 0. The van der Waals surface area contributed by atoms with Crippen LogP contribution in [0.1, 0.15) is 37.6 Å². The van der Waals surface area contributed by atoms with Crippen molar-refractivity contribution < 1.29 is 9.90 Å². The van der Waals surface area contributed by atoms with Crippen LogP contribution in [-0.4, -0.2) is 17.1 Å². The summed E-state index contributed by atoms with van der Waals surface area (Å²) in [6.07, 6.45) is 1.04. The first-order valence-electron chi connectivity index (χ1n) is 5.69. The Hall–Kier alpha value is -1.22. The van der Waals surface area contributed by atoms with Crippen LogP contribution in [0.15, 0.2) is 18.2 Å². The third-order valence-corrected chi connectivity index (χ3v) is 2.76. The van der Waals surface area contributed by atoms with Gasteiger partial charge in [-0.15, -0.1) is 0 Å². The van der Waals surface area contributed by atoms with Crippen molar-refractivity contribution >= 4 is 23.3 Å². The van der Waals surface area contributed by atoms with Crippen molar-refractivity contribution in [2.45, 2.75) is 33.2 Å². The second kappa shape index (κ2) is 5.92. The summed E-state index contributed by atoms with van der Waals surface area (Å²) in [7, 11) is 0. The maximum absolute atomic E-state index is 10.8. The highest BCUT2D eigenvalue weighted by Gasteiger charge is 2.10. The van der Waals surface area contributed by atoms with Gasteiger partial charge in [-0.25, -0.2) is 4.79 Å². The molecule has 4 heteroatoms. The average Bonchev–Trinajstić information content (AvgIpc) is 2.19. The van der Waals surface area contributed by atoms with Crippen LogP contribution in [-0.2, 0) is 0 Å². The summed E-state index contributed by atoms with van der Waals surface area (Å²) in [4.78, 5) is 10.8. The molecule has 0 aromatic heterocycles. The minimum atomic E-state index is -0.964. The molecule has 3 nitrogen and oxygen atoms in total. The summed E-state index contributed by atoms with van der Waals surface area (Å²) in [6, 6.07) is 5.04. The Morgan fingerprint density at radius 1 is 1.41 bits per heavy atom. The lowest BCUT2D eigenvalue weighted by Gasteiger charge is -2.18. The van der Waals surface area contributed by atoms with E-state index in [1.165, 1.54) is 6.07 Å². The lowest BCUT2D eigenvalue weighted by Crippen LogP contribution is -2.17. The van der Waals surface area contributed by atoms with Crippen molar-refractivity contribution in [3.8, 4) is 0 Å². The van der Waals surface area contributed by atoms with E-state index in [-0.39, 0.29) is 5.56 Å². The normalized spacial score (nSPS) is 12.5. The van der Waals surface area contributed by atoms with E-state index in [2.05, 4.69) is 26.1 Å². The van der Waals surface area contributed by atoms with E-state index in [4.69, 9.17) is 16.7 Å². The lowest BCUT2D eigenvalue weighted by molar-refractivity contribution is 0.0697. The molecule has 2 N–H and O–H groups in total. The molecule has 0 saturated heterocycles. The lowest BCUT2D eigenvalue weighted by atomic mass is 10.0. The molecule has 0 aliphatic heterocycles. The number of carbonyl (C=O) groups is 1. The van der Waals surface area contributed by atoms with Crippen LogP contribution < -0.4 is 5.32 Å². The summed E-state index contributed by atoms with van der Waals surface area (Å²) in [6.45, 7) is 6.40. The quantitative estimate of drug-likeness (QED) is 0.839. The Morgan fingerprint density at radius 2 is 2.06 bits per heavy atom.